The number of carbonyl (C=O) groups is 1. The van der Waals surface area contributed by atoms with Gasteiger partial charge in [-0.3, -0.25) is 4.79 Å². The zero-order chi connectivity index (χ0) is 19.5. The molecule has 4 aromatic rings. The van der Waals surface area contributed by atoms with Crippen LogP contribution in [0.3, 0.4) is 0 Å². The molecule has 0 fully saturated rings. The van der Waals surface area contributed by atoms with Gasteiger partial charge in [-0.25, -0.2) is 4.98 Å². The third-order valence-corrected chi connectivity index (χ3v) is 5.33. The largest absolute Gasteiger partial charge is 0.465 e. The van der Waals surface area contributed by atoms with E-state index in [1.54, 1.807) is 11.3 Å². The molecule has 0 atom stereocenters. The van der Waals surface area contributed by atoms with E-state index in [0.29, 0.717) is 6.54 Å². The summed E-state index contributed by atoms with van der Waals surface area (Å²) in [6.07, 6.45) is 1.90. The summed E-state index contributed by atoms with van der Waals surface area (Å²) >= 11 is 1.58. The number of hydrogen-bond donors (Lipinski definition) is 1. The van der Waals surface area contributed by atoms with Gasteiger partial charge in [0.25, 0.3) is 0 Å². The Morgan fingerprint density at radius 3 is 2.71 bits per heavy atom. The highest BCUT2D eigenvalue weighted by molar-refractivity contribution is 7.13. The molecule has 0 aliphatic heterocycles. The van der Waals surface area contributed by atoms with Crippen molar-refractivity contribution < 1.29 is 9.21 Å². The second-order valence-electron chi connectivity index (χ2n) is 6.71. The topological polar surface area (TPSA) is 60.1 Å². The summed E-state index contributed by atoms with van der Waals surface area (Å²) in [5.41, 5.74) is 4.21. The summed E-state index contributed by atoms with van der Waals surface area (Å²) < 4.78 is 7.40. The summed E-state index contributed by atoms with van der Waals surface area (Å²) in [5, 5.41) is 5.85. The van der Waals surface area contributed by atoms with Crippen LogP contribution in [0.5, 0.6) is 0 Å². The summed E-state index contributed by atoms with van der Waals surface area (Å²) in [7, 11) is 0. The highest BCUT2D eigenvalue weighted by Crippen LogP contribution is 2.29. The Morgan fingerprint density at radius 2 is 1.96 bits per heavy atom. The van der Waals surface area contributed by atoms with E-state index in [2.05, 4.69) is 41.9 Å². The van der Waals surface area contributed by atoms with Crippen molar-refractivity contribution in [3.63, 3.8) is 0 Å². The molecule has 0 unspecified atom stereocenters. The molecular weight excluding hydrogens is 370 g/mol. The zero-order valence-electron chi connectivity index (χ0n) is 15.8. The molecule has 0 aliphatic rings. The molecule has 0 radical (unpaired) electrons. The van der Waals surface area contributed by atoms with Crippen molar-refractivity contribution in [2.75, 3.05) is 0 Å². The van der Waals surface area contributed by atoms with Gasteiger partial charge in [-0.2, -0.15) is 0 Å². The third-order valence-electron chi connectivity index (χ3n) is 4.47. The molecule has 5 nitrogen and oxygen atoms in total. The molecular formula is C22H21N3O2S. The molecule has 0 spiro atoms. The SMILES string of the molecule is Cc1ccc(-c2csc(-c3cccn3CC(=O)NCc3ccc(C)o3)n2)cc1. The lowest BCUT2D eigenvalue weighted by molar-refractivity contribution is -0.121. The van der Waals surface area contributed by atoms with Crippen molar-refractivity contribution in [1.29, 1.82) is 0 Å². The summed E-state index contributed by atoms with van der Waals surface area (Å²) in [4.78, 5) is 17.1. The molecule has 3 aromatic heterocycles. The molecule has 4 rings (SSSR count). The van der Waals surface area contributed by atoms with Gasteiger partial charge < -0.3 is 14.3 Å². The van der Waals surface area contributed by atoms with Crippen LogP contribution in [0, 0.1) is 13.8 Å². The second-order valence-corrected chi connectivity index (χ2v) is 7.57. The minimum atomic E-state index is -0.0678. The molecule has 3 heterocycles. The van der Waals surface area contributed by atoms with Gasteiger partial charge in [0, 0.05) is 17.1 Å². The molecule has 1 aromatic carbocycles. The number of carbonyl (C=O) groups excluding carboxylic acids is 1. The minimum absolute atomic E-state index is 0.0678. The standard InChI is InChI=1S/C22H21N3O2S/c1-15-5-8-17(9-6-15)19-14-28-22(24-19)20-4-3-11-25(20)13-21(26)23-12-18-10-7-16(2)27-18/h3-11,14H,12-13H2,1-2H3,(H,23,26). The number of furan rings is 1. The van der Waals surface area contributed by atoms with Gasteiger partial charge >= 0.3 is 0 Å². The van der Waals surface area contributed by atoms with Crippen molar-refractivity contribution in [2.45, 2.75) is 26.9 Å². The van der Waals surface area contributed by atoms with Crippen molar-refractivity contribution >= 4 is 17.2 Å². The molecule has 142 valence electrons. The van der Waals surface area contributed by atoms with E-state index >= 15 is 0 Å². The van der Waals surface area contributed by atoms with Crippen LogP contribution < -0.4 is 5.32 Å². The smallest absolute Gasteiger partial charge is 0.240 e. The van der Waals surface area contributed by atoms with E-state index in [9.17, 15) is 4.79 Å². The Balaban J connectivity index is 1.45. The number of thiazole rings is 1. The van der Waals surface area contributed by atoms with E-state index in [1.807, 2.05) is 42.0 Å². The fourth-order valence-electron chi connectivity index (χ4n) is 2.97. The van der Waals surface area contributed by atoms with Gasteiger partial charge in [0.1, 0.15) is 23.1 Å². The third kappa shape index (κ3) is 4.07. The van der Waals surface area contributed by atoms with Crippen LogP contribution in [0.4, 0.5) is 0 Å². The lowest BCUT2D eigenvalue weighted by Gasteiger charge is -2.08. The summed E-state index contributed by atoms with van der Waals surface area (Å²) in [6, 6.07) is 16.0. The average molecular weight is 391 g/mol. The predicted molar refractivity (Wildman–Crippen MR) is 111 cm³/mol. The van der Waals surface area contributed by atoms with Gasteiger partial charge in [-0.05, 0) is 38.1 Å². The predicted octanol–water partition coefficient (Wildman–Crippen LogP) is 4.80. The van der Waals surface area contributed by atoms with Crippen LogP contribution in [0.1, 0.15) is 17.1 Å². The first-order chi connectivity index (χ1) is 13.6. The summed E-state index contributed by atoms with van der Waals surface area (Å²) in [6.45, 7) is 4.58. The highest BCUT2D eigenvalue weighted by Gasteiger charge is 2.13. The number of aromatic nitrogens is 2. The van der Waals surface area contributed by atoms with Crippen LogP contribution in [0.25, 0.3) is 22.0 Å². The molecule has 0 bridgehead atoms. The molecule has 1 amide bonds. The van der Waals surface area contributed by atoms with E-state index in [0.717, 1.165) is 33.5 Å². The lowest BCUT2D eigenvalue weighted by atomic mass is 10.1. The molecule has 28 heavy (non-hydrogen) atoms. The van der Waals surface area contributed by atoms with Gasteiger partial charge in [0.2, 0.25) is 5.91 Å². The lowest BCUT2D eigenvalue weighted by Crippen LogP contribution is -2.26. The maximum atomic E-state index is 12.3. The first kappa shape index (κ1) is 18.3. The van der Waals surface area contributed by atoms with E-state index in [1.165, 1.54) is 5.56 Å². The Morgan fingerprint density at radius 1 is 1.14 bits per heavy atom. The average Bonchev–Trinajstić information content (AvgIpc) is 3.41. The first-order valence-electron chi connectivity index (χ1n) is 9.08. The summed E-state index contributed by atoms with van der Waals surface area (Å²) in [5.74, 6) is 1.52. The minimum Gasteiger partial charge on any atom is -0.465 e. The van der Waals surface area contributed by atoms with Crippen molar-refractivity contribution in [2.24, 2.45) is 0 Å². The van der Waals surface area contributed by atoms with Gasteiger partial charge in [0.05, 0.1) is 17.9 Å². The number of nitrogens with one attached hydrogen (secondary N) is 1. The van der Waals surface area contributed by atoms with Crippen molar-refractivity contribution in [3.8, 4) is 22.0 Å². The Hall–Kier alpha value is -3.12. The Labute approximate surface area is 167 Å². The van der Waals surface area contributed by atoms with Gasteiger partial charge in [-0.1, -0.05) is 29.8 Å². The number of benzene rings is 1. The molecule has 6 heteroatoms. The Kier molecular flexibility index (Phi) is 5.12. The number of hydrogen-bond acceptors (Lipinski definition) is 4. The van der Waals surface area contributed by atoms with Crippen molar-refractivity contribution in [3.05, 3.63) is 77.2 Å². The van der Waals surface area contributed by atoms with Crippen LogP contribution in [0.2, 0.25) is 0 Å². The van der Waals surface area contributed by atoms with Gasteiger partial charge in [-0.15, -0.1) is 11.3 Å². The molecule has 0 aliphatic carbocycles. The molecule has 1 N–H and O–H groups in total. The maximum Gasteiger partial charge on any atom is 0.240 e. The maximum absolute atomic E-state index is 12.3. The highest BCUT2D eigenvalue weighted by atomic mass is 32.1. The van der Waals surface area contributed by atoms with Crippen LogP contribution >= 0.6 is 11.3 Å². The van der Waals surface area contributed by atoms with Crippen molar-refractivity contribution in [1.82, 2.24) is 14.9 Å². The molecule has 0 saturated carbocycles. The quantitative estimate of drug-likeness (QED) is 0.513. The first-order valence-corrected chi connectivity index (χ1v) is 9.96. The number of amides is 1. The van der Waals surface area contributed by atoms with E-state index in [-0.39, 0.29) is 12.5 Å². The van der Waals surface area contributed by atoms with Crippen LogP contribution in [0.15, 0.2) is 64.5 Å². The fraction of sp³-hybridized carbons (Fsp3) is 0.182. The number of nitrogens with zero attached hydrogens (tertiary/aromatic N) is 2. The monoisotopic (exact) mass is 391 g/mol. The second kappa shape index (κ2) is 7.86. The van der Waals surface area contributed by atoms with E-state index < -0.39 is 0 Å². The molecule has 0 saturated heterocycles. The number of aryl methyl sites for hydroxylation is 2. The normalized spacial score (nSPS) is 10.9. The zero-order valence-corrected chi connectivity index (χ0v) is 16.6. The van der Waals surface area contributed by atoms with Crippen LogP contribution in [-0.2, 0) is 17.9 Å². The fourth-order valence-corrected chi connectivity index (χ4v) is 3.84. The van der Waals surface area contributed by atoms with Gasteiger partial charge in [0.15, 0.2) is 0 Å². The van der Waals surface area contributed by atoms with Crippen LogP contribution in [-0.4, -0.2) is 15.5 Å². The number of rotatable bonds is 6. The van der Waals surface area contributed by atoms with E-state index in [4.69, 9.17) is 9.40 Å². The Bertz CT molecular complexity index is 1090.